The molecule has 0 aliphatic heterocycles. The third-order valence-electron chi connectivity index (χ3n) is 3.39. The number of thioether (sulfide) groups is 1. The number of oxazole rings is 1. The van der Waals surface area contributed by atoms with Gasteiger partial charge in [0, 0.05) is 5.25 Å². The minimum Gasteiger partial charge on any atom is -0.431 e. The molecule has 0 spiro atoms. The van der Waals surface area contributed by atoms with E-state index >= 15 is 0 Å². The number of nitrogens with zero attached hydrogens (tertiary/aromatic N) is 2. The van der Waals surface area contributed by atoms with Crippen molar-refractivity contribution < 1.29 is 4.42 Å². The van der Waals surface area contributed by atoms with Crippen LogP contribution in [0, 0.1) is 17.2 Å². The van der Waals surface area contributed by atoms with Gasteiger partial charge in [-0.1, -0.05) is 36.7 Å². The maximum absolute atomic E-state index is 9.16. The van der Waals surface area contributed by atoms with Crippen LogP contribution in [0.3, 0.4) is 0 Å². The number of fused-ring (bicyclic) bond motifs is 1. The highest BCUT2D eigenvalue weighted by Gasteiger charge is 2.27. The second-order valence-electron chi connectivity index (χ2n) is 4.62. The van der Waals surface area contributed by atoms with Gasteiger partial charge in [0.15, 0.2) is 5.58 Å². The summed E-state index contributed by atoms with van der Waals surface area (Å²) in [4.78, 5) is 4.46. The molecule has 1 aromatic carbocycles. The zero-order chi connectivity index (χ0) is 12.4. The van der Waals surface area contributed by atoms with Crippen LogP contribution in [0.2, 0.25) is 0 Å². The highest BCUT2D eigenvalue weighted by atomic mass is 32.2. The predicted molar refractivity (Wildman–Crippen MR) is 71.2 cm³/mol. The standard InChI is InChI=1S/C14H14N2OS/c15-9-10-5-1-4-8-13(10)18-14-16-11-6-2-3-7-12(11)17-14/h2-3,6-7,10,13H,1,4-5,8H2. The molecular formula is C14H14N2OS. The van der Waals surface area contributed by atoms with E-state index in [-0.39, 0.29) is 5.92 Å². The van der Waals surface area contributed by atoms with Crippen LogP contribution in [0.1, 0.15) is 25.7 Å². The van der Waals surface area contributed by atoms with Gasteiger partial charge in [0.2, 0.25) is 0 Å². The highest BCUT2D eigenvalue weighted by Crippen LogP contribution is 2.37. The van der Waals surface area contributed by atoms with Crippen LogP contribution < -0.4 is 0 Å². The molecule has 18 heavy (non-hydrogen) atoms. The van der Waals surface area contributed by atoms with Crippen LogP contribution in [-0.2, 0) is 0 Å². The Kier molecular flexibility index (Phi) is 3.24. The average molecular weight is 258 g/mol. The van der Waals surface area contributed by atoms with Crippen molar-refractivity contribution in [3.8, 4) is 6.07 Å². The van der Waals surface area contributed by atoms with E-state index in [2.05, 4.69) is 11.1 Å². The van der Waals surface area contributed by atoms with Gasteiger partial charge in [0.25, 0.3) is 5.22 Å². The van der Waals surface area contributed by atoms with Crippen molar-refractivity contribution in [2.24, 2.45) is 5.92 Å². The van der Waals surface area contributed by atoms with Crippen LogP contribution in [-0.4, -0.2) is 10.2 Å². The molecule has 2 atom stereocenters. The molecule has 3 nitrogen and oxygen atoms in total. The van der Waals surface area contributed by atoms with Gasteiger partial charge in [-0.15, -0.1) is 0 Å². The summed E-state index contributed by atoms with van der Waals surface area (Å²) in [6, 6.07) is 10.2. The van der Waals surface area contributed by atoms with Crippen molar-refractivity contribution in [2.75, 3.05) is 0 Å². The molecule has 4 heteroatoms. The summed E-state index contributed by atoms with van der Waals surface area (Å²) >= 11 is 1.62. The quantitative estimate of drug-likeness (QED) is 0.816. The largest absolute Gasteiger partial charge is 0.431 e. The first kappa shape index (κ1) is 11.6. The molecule has 0 radical (unpaired) electrons. The number of nitriles is 1. The van der Waals surface area contributed by atoms with Crippen molar-refractivity contribution in [3.63, 3.8) is 0 Å². The lowest BCUT2D eigenvalue weighted by molar-refractivity contribution is 0.431. The van der Waals surface area contributed by atoms with Crippen LogP contribution in [0.25, 0.3) is 11.1 Å². The number of aromatic nitrogens is 1. The zero-order valence-corrected chi connectivity index (χ0v) is 10.8. The number of hydrogen-bond acceptors (Lipinski definition) is 4. The third kappa shape index (κ3) is 2.23. The van der Waals surface area contributed by atoms with Crippen molar-refractivity contribution in [2.45, 2.75) is 36.2 Å². The number of rotatable bonds is 2. The molecule has 3 rings (SSSR count). The summed E-state index contributed by atoms with van der Waals surface area (Å²) in [5.74, 6) is 0.138. The minimum atomic E-state index is 0.138. The van der Waals surface area contributed by atoms with E-state index in [1.807, 2.05) is 24.3 Å². The average Bonchev–Trinajstić information content (AvgIpc) is 2.81. The smallest absolute Gasteiger partial charge is 0.257 e. The molecule has 1 saturated carbocycles. The predicted octanol–water partition coefficient (Wildman–Crippen LogP) is 4.00. The Balaban J connectivity index is 1.81. The second-order valence-corrected chi connectivity index (χ2v) is 5.81. The van der Waals surface area contributed by atoms with E-state index in [0.29, 0.717) is 10.5 Å². The lowest BCUT2D eigenvalue weighted by atomic mass is 9.90. The van der Waals surface area contributed by atoms with Crippen molar-refractivity contribution in [3.05, 3.63) is 24.3 Å². The molecule has 2 unspecified atom stereocenters. The monoisotopic (exact) mass is 258 g/mol. The zero-order valence-electron chi connectivity index (χ0n) is 10.0. The fourth-order valence-corrected chi connectivity index (χ4v) is 3.61. The van der Waals surface area contributed by atoms with Gasteiger partial charge in [-0.05, 0) is 25.0 Å². The van der Waals surface area contributed by atoms with Crippen LogP contribution in [0.4, 0.5) is 0 Å². The first-order chi connectivity index (χ1) is 8.86. The molecule has 92 valence electrons. The first-order valence-electron chi connectivity index (χ1n) is 6.28. The Labute approximate surface area is 110 Å². The van der Waals surface area contributed by atoms with Crippen molar-refractivity contribution >= 4 is 22.9 Å². The molecule has 1 aromatic heterocycles. The number of para-hydroxylation sites is 2. The molecule has 2 aromatic rings. The normalized spacial score (nSPS) is 23.9. The Hall–Kier alpha value is -1.47. The Morgan fingerprint density at radius 2 is 2.11 bits per heavy atom. The Bertz CT molecular complexity index is 554. The maximum atomic E-state index is 9.16. The SMILES string of the molecule is N#CC1CCCCC1Sc1nc2ccccc2o1. The van der Waals surface area contributed by atoms with Gasteiger partial charge in [-0.25, -0.2) is 4.98 Å². The van der Waals surface area contributed by atoms with E-state index in [9.17, 15) is 0 Å². The molecule has 0 saturated heterocycles. The topological polar surface area (TPSA) is 49.8 Å². The lowest BCUT2D eigenvalue weighted by Gasteiger charge is -2.24. The van der Waals surface area contributed by atoms with E-state index in [0.717, 1.165) is 23.9 Å². The maximum Gasteiger partial charge on any atom is 0.257 e. The summed E-state index contributed by atoms with van der Waals surface area (Å²) in [5.41, 5.74) is 1.72. The van der Waals surface area contributed by atoms with Gasteiger partial charge in [-0.3, -0.25) is 0 Å². The second kappa shape index (κ2) is 5.03. The summed E-state index contributed by atoms with van der Waals surface area (Å²) in [6.07, 6.45) is 4.47. The number of hydrogen-bond donors (Lipinski definition) is 0. The Morgan fingerprint density at radius 1 is 1.28 bits per heavy atom. The number of benzene rings is 1. The van der Waals surface area contributed by atoms with Gasteiger partial charge >= 0.3 is 0 Å². The van der Waals surface area contributed by atoms with E-state index in [4.69, 9.17) is 9.68 Å². The van der Waals surface area contributed by atoms with Gasteiger partial charge < -0.3 is 4.42 Å². The summed E-state index contributed by atoms with van der Waals surface area (Å²) in [5, 5.41) is 10.2. The van der Waals surface area contributed by atoms with Crippen LogP contribution in [0.15, 0.2) is 33.9 Å². The molecule has 0 amide bonds. The lowest BCUT2D eigenvalue weighted by Crippen LogP contribution is -2.20. The fraction of sp³-hybridized carbons (Fsp3) is 0.429. The van der Waals surface area contributed by atoms with Gasteiger partial charge in [0.05, 0.1) is 12.0 Å². The third-order valence-corrected chi connectivity index (χ3v) is 4.64. The summed E-state index contributed by atoms with van der Waals surface area (Å²) < 4.78 is 5.71. The van der Waals surface area contributed by atoms with Gasteiger partial charge in [-0.2, -0.15) is 5.26 Å². The van der Waals surface area contributed by atoms with E-state index < -0.39 is 0 Å². The van der Waals surface area contributed by atoms with Crippen molar-refractivity contribution in [1.29, 1.82) is 5.26 Å². The fourth-order valence-electron chi connectivity index (χ4n) is 2.42. The molecular weight excluding hydrogens is 244 g/mol. The molecule has 1 aliphatic rings. The summed E-state index contributed by atoms with van der Waals surface area (Å²) in [6.45, 7) is 0. The summed E-state index contributed by atoms with van der Waals surface area (Å²) in [7, 11) is 0. The molecule has 0 N–H and O–H groups in total. The van der Waals surface area contributed by atoms with E-state index in [1.54, 1.807) is 11.8 Å². The van der Waals surface area contributed by atoms with Crippen LogP contribution in [0.5, 0.6) is 0 Å². The van der Waals surface area contributed by atoms with Gasteiger partial charge in [0.1, 0.15) is 5.52 Å². The molecule has 1 heterocycles. The minimum absolute atomic E-state index is 0.138. The van der Waals surface area contributed by atoms with Crippen molar-refractivity contribution in [1.82, 2.24) is 4.98 Å². The highest BCUT2D eigenvalue weighted by molar-refractivity contribution is 7.99. The molecule has 1 fully saturated rings. The van der Waals surface area contributed by atoms with E-state index in [1.165, 1.54) is 12.8 Å². The molecule has 1 aliphatic carbocycles. The molecule has 0 bridgehead atoms. The first-order valence-corrected chi connectivity index (χ1v) is 7.16. The van der Waals surface area contributed by atoms with Crippen LogP contribution >= 0.6 is 11.8 Å². The Morgan fingerprint density at radius 3 is 2.94 bits per heavy atom.